The van der Waals surface area contributed by atoms with Crippen LogP contribution in [0.2, 0.25) is 0 Å². The molecule has 0 bridgehead atoms. The summed E-state index contributed by atoms with van der Waals surface area (Å²) >= 11 is 0. The summed E-state index contributed by atoms with van der Waals surface area (Å²) < 4.78 is 5.48. The lowest BCUT2D eigenvalue weighted by molar-refractivity contribution is -0.122. The predicted molar refractivity (Wildman–Crippen MR) is 73.0 cm³/mol. The lowest BCUT2D eigenvalue weighted by Gasteiger charge is -2.26. The van der Waals surface area contributed by atoms with Crippen LogP contribution < -0.4 is 10.1 Å². The number of benzene rings is 1. The smallest absolute Gasteiger partial charge is 0.223 e. The molecule has 0 atom stereocenters. The second kappa shape index (κ2) is 7.14. The standard InChI is InChI=1S/C15H21NO3/c17-13-8-6-12(7-9-13)16-15(18)10-11-19-14-4-2-1-3-5-14/h1-5,12-13,17H,6-11H2,(H,16,18). The van der Waals surface area contributed by atoms with Gasteiger partial charge in [0, 0.05) is 6.04 Å². The fourth-order valence-electron chi connectivity index (χ4n) is 2.30. The molecule has 0 radical (unpaired) electrons. The van der Waals surface area contributed by atoms with Crippen LogP contribution in [0.5, 0.6) is 5.75 Å². The summed E-state index contributed by atoms with van der Waals surface area (Å²) in [7, 11) is 0. The Morgan fingerprint density at radius 2 is 1.89 bits per heavy atom. The molecule has 104 valence electrons. The number of nitrogens with one attached hydrogen (secondary N) is 1. The number of aliphatic hydroxyl groups excluding tert-OH is 1. The van der Waals surface area contributed by atoms with Gasteiger partial charge in [-0.25, -0.2) is 0 Å². The van der Waals surface area contributed by atoms with Gasteiger partial charge in [-0.2, -0.15) is 0 Å². The minimum atomic E-state index is -0.186. The first-order valence-corrected chi connectivity index (χ1v) is 6.89. The van der Waals surface area contributed by atoms with Crippen LogP contribution in [0.1, 0.15) is 32.1 Å². The number of aliphatic hydroxyl groups is 1. The molecule has 1 aromatic rings. The summed E-state index contributed by atoms with van der Waals surface area (Å²) in [6.07, 6.45) is 3.48. The van der Waals surface area contributed by atoms with Gasteiger partial charge < -0.3 is 15.2 Å². The summed E-state index contributed by atoms with van der Waals surface area (Å²) in [6.45, 7) is 0.394. The molecule has 1 aromatic carbocycles. The molecule has 1 aliphatic rings. The van der Waals surface area contributed by atoms with Gasteiger partial charge in [0.05, 0.1) is 19.1 Å². The van der Waals surface area contributed by atoms with Gasteiger partial charge in [0.15, 0.2) is 0 Å². The third-order valence-corrected chi connectivity index (χ3v) is 3.40. The molecule has 0 unspecified atom stereocenters. The van der Waals surface area contributed by atoms with E-state index in [0.29, 0.717) is 13.0 Å². The van der Waals surface area contributed by atoms with E-state index < -0.39 is 0 Å². The number of hydrogen-bond acceptors (Lipinski definition) is 3. The zero-order valence-electron chi connectivity index (χ0n) is 11.0. The minimum Gasteiger partial charge on any atom is -0.493 e. The lowest BCUT2D eigenvalue weighted by Crippen LogP contribution is -2.39. The molecule has 4 nitrogen and oxygen atoms in total. The number of hydrogen-bond donors (Lipinski definition) is 2. The summed E-state index contributed by atoms with van der Waals surface area (Å²) in [5, 5.41) is 12.4. The maximum absolute atomic E-state index is 11.7. The largest absolute Gasteiger partial charge is 0.493 e. The van der Waals surface area contributed by atoms with Gasteiger partial charge >= 0.3 is 0 Å². The molecule has 2 rings (SSSR count). The van der Waals surface area contributed by atoms with Crippen LogP contribution in [0.15, 0.2) is 30.3 Å². The summed E-state index contributed by atoms with van der Waals surface area (Å²) in [5.74, 6) is 0.813. The molecule has 1 fully saturated rings. The van der Waals surface area contributed by atoms with Crippen molar-refractivity contribution in [3.8, 4) is 5.75 Å². The van der Waals surface area contributed by atoms with Gasteiger partial charge in [-0.15, -0.1) is 0 Å². The molecule has 1 amide bonds. The first-order valence-electron chi connectivity index (χ1n) is 6.89. The SMILES string of the molecule is O=C(CCOc1ccccc1)NC1CCC(O)CC1. The highest BCUT2D eigenvalue weighted by Crippen LogP contribution is 2.18. The fourth-order valence-corrected chi connectivity index (χ4v) is 2.30. The maximum atomic E-state index is 11.7. The van der Waals surface area contributed by atoms with Crippen molar-refractivity contribution in [2.24, 2.45) is 0 Å². The molecular formula is C15H21NO3. The monoisotopic (exact) mass is 263 g/mol. The van der Waals surface area contributed by atoms with E-state index in [1.165, 1.54) is 0 Å². The Labute approximate surface area is 113 Å². The third kappa shape index (κ3) is 4.91. The summed E-state index contributed by atoms with van der Waals surface area (Å²) in [4.78, 5) is 11.7. The molecule has 0 aromatic heterocycles. The van der Waals surface area contributed by atoms with Crippen molar-refractivity contribution in [3.05, 3.63) is 30.3 Å². The van der Waals surface area contributed by atoms with E-state index >= 15 is 0 Å². The normalized spacial score (nSPS) is 22.8. The van der Waals surface area contributed by atoms with Gasteiger partial charge in [0.2, 0.25) is 5.91 Å². The number of para-hydroxylation sites is 1. The zero-order valence-corrected chi connectivity index (χ0v) is 11.0. The predicted octanol–water partition coefficient (Wildman–Crippen LogP) is 1.88. The molecule has 1 saturated carbocycles. The van der Waals surface area contributed by atoms with E-state index in [2.05, 4.69) is 5.32 Å². The van der Waals surface area contributed by atoms with Crippen LogP contribution in [0.3, 0.4) is 0 Å². The van der Waals surface area contributed by atoms with Crippen molar-refractivity contribution in [2.45, 2.75) is 44.2 Å². The second-order valence-corrected chi connectivity index (χ2v) is 4.98. The Kier molecular flexibility index (Phi) is 5.21. The number of carbonyl (C=O) groups is 1. The Bertz CT molecular complexity index is 386. The van der Waals surface area contributed by atoms with Crippen LogP contribution in [0, 0.1) is 0 Å². The molecule has 0 aliphatic heterocycles. The molecule has 1 aliphatic carbocycles. The van der Waals surface area contributed by atoms with Crippen molar-refractivity contribution in [1.29, 1.82) is 0 Å². The number of ether oxygens (including phenoxy) is 1. The van der Waals surface area contributed by atoms with Crippen LogP contribution in [0.4, 0.5) is 0 Å². The molecular weight excluding hydrogens is 242 g/mol. The van der Waals surface area contributed by atoms with Gasteiger partial charge in [-0.3, -0.25) is 4.79 Å². The molecule has 0 spiro atoms. The van der Waals surface area contributed by atoms with Crippen molar-refractivity contribution >= 4 is 5.91 Å². The van der Waals surface area contributed by atoms with E-state index in [0.717, 1.165) is 31.4 Å². The highest BCUT2D eigenvalue weighted by molar-refractivity contribution is 5.76. The van der Waals surface area contributed by atoms with Crippen LogP contribution in [-0.2, 0) is 4.79 Å². The number of carbonyl (C=O) groups excluding carboxylic acids is 1. The summed E-state index contributed by atoms with van der Waals surface area (Å²) in [6, 6.07) is 9.70. The van der Waals surface area contributed by atoms with Gasteiger partial charge in [0.25, 0.3) is 0 Å². The average Bonchev–Trinajstić information content (AvgIpc) is 2.43. The maximum Gasteiger partial charge on any atom is 0.223 e. The zero-order chi connectivity index (χ0) is 13.5. The topological polar surface area (TPSA) is 58.6 Å². The highest BCUT2D eigenvalue weighted by Gasteiger charge is 2.20. The van der Waals surface area contributed by atoms with Gasteiger partial charge in [-0.1, -0.05) is 18.2 Å². The van der Waals surface area contributed by atoms with Crippen LogP contribution in [-0.4, -0.2) is 29.8 Å². The molecule has 4 heteroatoms. The van der Waals surface area contributed by atoms with Gasteiger partial charge in [-0.05, 0) is 37.8 Å². The van der Waals surface area contributed by atoms with Crippen molar-refractivity contribution in [3.63, 3.8) is 0 Å². The van der Waals surface area contributed by atoms with Crippen LogP contribution in [0.25, 0.3) is 0 Å². The quantitative estimate of drug-likeness (QED) is 0.852. The number of rotatable bonds is 5. The Morgan fingerprint density at radius 3 is 2.58 bits per heavy atom. The highest BCUT2D eigenvalue weighted by atomic mass is 16.5. The first kappa shape index (κ1) is 13.9. The molecule has 19 heavy (non-hydrogen) atoms. The van der Waals surface area contributed by atoms with E-state index in [-0.39, 0.29) is 18.1 Å². The second-order valence-electron chi connectivity index (χ2n) is 4.98. The Balaban J connectivity index is 1.62. The molecule has 0 heterocycles. The Morgan fingerprint density at radius 1 is 1.21 bits per heavy atom. The lowest BCUT2D eigenvalue weighted by atomic mass is 9.93. The van der Waals surface area contributed by atoms with Crippen LogP contribution >= 0.6 is 0 Å². The average molecular weight is 263 g/mol. The third-order valence-electron chi connectivity index (χ3n) is 3.40. The molecule has 0 saturated heterocycles. The number of amides is 1. The molecule has 2 N–H and O–H groups in total. The Hall–Kier alpha value is -1.55. The summed E-state index contributed by atoms with van der Waals surface area (Å²) in [5.41, 5.74) is 0. The van der Waals surface area contributed by atoms with E-state index in [4.69, 9.17) is 4.74 Å². The van der Waals surface area contributed by atoms with Crippen molar-refractivity contribution in [1.82, 2.24) is 5.32 Å². The van der Waals surface area contributed by atoms with Gasteiger partial charge in [0.1, 0.15) is 5.75 Å². The van der Waals surface area contributed by atoms with E-state index in [1.807, 2.05) is 30.3 Å². The van der Waals surface area contributed by atoms with Crippen molar-refractivity contribution in [2.75, 3.05) is 6.61 Å². The van der Waals surface area contributed by atoms with E-state index in [9.17, 15) is 9.90 Å². The minimum absolute atomic E-state index is 0.0253. The van der Waals surface area contributed by atoms with Crippen molar-refractivity contribution < 1.29 is 14.6 Å². The first-order chi connectivity index (χ1) is 9.24. The fraction of sp³-hybridized carbons (Fsp3) is 0.533. The van der Waals surface area contributed by atoms with E-state index in [1.54, 1.807) is 0 Å².